The predicted molar refractivity (Wildman–Crippen MR) is 67.9 cm³/mol. The average molecular weight is 210 g/mol. The summed E-state index contributed by atoms with van der Waals surface area (Å²) in [5.41, 5.74) is 0. The molecule has 16 heavy (non-hydrogen) atoms. The van der Waals surface area contributed by atoms with Gasteiger partial charge in [-0.15, -0.1) is 0 Å². The van der Waals surface area contributed by atoms with Gasteiger partial charge in [0.25, 0.3) is 0 Å². The van der Waals surface area contributed by atoms with Crippen molar-refractivity contribution < 1.29 is 4.74 Å². The van der Waals surface area contributed by atoms with Crippen LogP contribution in [0, 0.1) is 0 Å². The second-order valence-corrected chi connectivity index (χ2v) is 4.12. The molecule has 1 aliphatic carbocycles. The maximum atomic E-state index is 5.57. The molecule has 0 aromatic heterocycles. The highest BCUT2D eigenvalue weighted by Gasteiger charge is 2.06. The number of methoxy groups -OCH3 is 1. The van der Waals surface area contributed by atoms with Gasteiger partial charge in [0.2, 0.25) is 0 Å². The first kappa shape index (κ1) is 9.46. The molecule has 0 heterocycles. The molecule has 80 valence electrons. The fourth-order valence-electron chi connectivity index (χ4n) is 2.42. The van der Waals surface area contributed by atoms with Crippen molar-refractivity contribution in [3.05, 3.63) is 40.8 Å². The molecule has 0 aliphatic heterocycles. The third-order valence-corrected chi connectivity index (χ3v) is 3.16. The second kappa shape index (κ2) is 3.67. The lowest BCUT2D eigenvalue weighted by molar-refractivity contribution is 0.416. The summed E-state index contributed by atoms with van der Waals surface area (Å²) in [7, 11) is 1.75. The fraction of sp³-hybridized carbons (Fsp3) is 0.200. The number of fused-ring (bicyclic) bond motifs is 2. The van der Waals surface area contributed by atoms with Crippen LogP contribution in [-0.4, -0.2) is 7.11 Å². The van der Waals surface area contributed by atoms with Crippen LogP contribution in [0.4, 0.5) is 0 Å². The Balaban J connectivity index is 2.56. The zero-order valence-corrected chi connectivity index (χ0v) is 9.36. The molecule has 0 fully saturated rings. The van der Waals surface area contributed by atoms with Crippen LogP contribution >= 0.6 is 0 Å². The van der Waals surface area contributed by atoms with Crippen molar-refractivity contribution in [2.24, 2.45) is 0 Å². The lowest BCUT2D eigenvalue weighted by atomic mass is 10.0. The number of rotatable bonds is 1. The number of ether oxygens (including phenoxy) is 1. The summed E-state index contributed by atoms with van der Waals surface area (Å²) in [5.74, 6) is 1.02. The largest absolute Gasteiger partial charge is 0.495 e. The van der Waals surface area contributed by atoms with Gasteiger partial charge in [-0.05, 0) is 29.5 Å². The molecule has 0 atom stereocenters. The van der Waals surface area contributed by atoms with Gasteiger partial charge in [-0.3, -0.25) is 0 Å². The van der Waals surface area contributed by atoms with Crippen LogP contribution in [0.2, 0.25) is 0 Å². The van der Waals surface area contributed by atoms with Gasteiger partial charge in [-0.1, -0.05) is 36.4 Å². The van der Waals surface area contributed by atoms with E-state index in [4.69, 9.17) is 4.74 Å². The summed E-state index contributed by atoms with van der Waals surface area (Å²) in [6.07, 6.45) is 6.82. The minimum absolute atomic E-state index is 1.02. The second-order valence-electron chi connectivity index (χ2n) is 4.12. The van der Waals surface area contributed by atoms with Gasteiger partial charge in [-0.2, -0.15) is 0 Å². The van der Waals surface area contributed by atoms with Gasteiger partial charge in [0, 0.05) is 10.6 Å². The molecule has 1 aliphatic rings. The first-order valence-corrected chi connectivity index (χ1v) is 5.66. The molecule has 0 bridgehead atoms. The van der Waals surface area contributed by atoms with Crippen LogP contribution in [0.15, 0.2) is 30.3 Å². The predicted octanol–water partition coefficient (Wildman–Crippen LogP) is 2.20. The Morgan fingerprint density at radius 3 is 2.75 bits per heavy atom. The van der Waals surface area contributed by atoms with Crippen LogP contribution in [0.3, 0.4) is 0 Å². The summed E-state index contributed by atoms with van der Waals surface area (Å²) in [6.45, 7) is 0. The van der Waals surface area contributed by atoms with Gasteiger partial charge in [0.15, 0.2) is 0 Å². The minimum Gasteiger partial charge on any atom is -0.495 e. The van der Waals surface area contributed by atoms with Crippen molar-refractivity contribution >= 4 is 22.9 Å². The molecule has 0 unspecified atom stereocenters. The SMILES string of the molecule is COc1c2c(cc3ccccc13)=CCCC=2. The van der Waals surface area contributed by atoms with Crippen molar-refractivity contribution in [1.29, 1.82) is 0 Å². The van der Waals surface area contributed by atoms with Crippen LogP contribution in [0.25, 0.3) is 22.9 Å². The molecule has 1 heteroatoms. The van der Waals surface area contributed by atoms with Gasteiger partial charge in [-0.25, -0.2) is 0 Å². The standard InChI is InChI=1S/C15H14O/c1-16-15-13-8-4-2-6-11(13)10-12-7-3-5-9-14(12)15/h2,4,6-10H,3,5H2,1H3. The van der Waals surface area contributed by atoms with Gasteiger partial charge >= 0.3 is 0 Å². The van der Waals surface area contributed by atoms with E-state index in [2.05, 4.69) is 42.5 Å². The van der Waals surface area contributed by atoms with E-state index in [1.165, 1.54) is 21.2 Å². The molecular weight excluding hydrogens is 196 g/mol. The summed E-state index contributed by atoms with van der Waals surface area (Å²) in [5, 5.41) is 5.02. The van der Waals surface area contributed by atoms with Gasteiger partial charge in [0.05, 0.1) is 7.11 Å². The fourth-order valence-corrected chi connectivity index (χ4v) is 2.42. The molecule has 0 saturated heterocycles. The van der Waals surface area contributed by atoms with Crippen molar-refractivity contribution in [3.63, 3.8) is 0 Å². The molecule has 0 saturated carbocycles. The molecule has 3 rings (SSSR count). The average Bonchev–Trinajstić information content (AvgIpc) is 2.36. The van der Waals surface area contributed by atoms with E-state index in [1.54, 1.807) is 7.11 Å². The van der Waals surface area contributed by atoms with Crippen molar-refractivity contribution in [2.75, 3.05) is 7.11 Å². The first-order valence-electron chi connectivity index (χ1n) is 5.66. The normalized spacial score (nSPS) is 13.8. The highest BCUT2D eigenvalue weighted by Crippen LogP contribution is 2.20. The van der Waals surface area contributed by atoms with Crippen LogP contribution in [-0.2, 0) is 0 Å². The molecule has 2 aromatic carbocycles. The molecule has 0 amide bonds. The monoisotopic (exact) mass is 210 g/mol. The molecule has 0 N–H and O–H groups in total. The summed E-state index contributed by atoms with van der Waals surface area (Å²) in [4.78, 5) is 0. The third kappa shape index (κ3) is 1.32. The van der Waals surface area contributed by atoms with Gasteiger partial charge in [0.1, 0.15) is 5.75 Å². The smallest absolute Gasteiger partial charge is 0.134 e. The molecule has 0 spiro atoms. The molecule has 2 aromatic rings. The highest BCUT2D eigenvalue weighted by molar-refractivity contribution is 5.89. The zero-order valence-electron chi connectivity index (χ0n) is 9.36. The lowest BCUT2D eigenvalue weighted by Crippen LogP contribution is -2.28. The minimum atomic E-state index is 1.02. The first-order chi connectivity index (χ1) is 7.90. The van der Waals surface area contributed by atoms with E-state index in [1.807, 2.05) is 0 Å². The Bertz CT molecular complexity index is 653. The quantitative estimate of drug-likeness (QED) is 0.701. The Hall–Kier alpha value is -1.76. The van der Waals surface area contributed by atoms with E-state index < -0.39 is 0 Å². The van der Waals surface area contributed by atoms with Gasteiger partial charge < -0.3 is 4.74 Å². The van der Waals surface area contributed by atoms with Crippen molar-refractivity contribution in [1.82, 2.24) is 0 Å². The van der Waals surface area contributed by atoms with E-state index >= 15 is 0 Å². The molecule has 1 nitrogen and oxygen atoms in total. The molecular formula is C15H14O. The summed E-state index contributed by atoms with van der Waals surface area (Å²) in [6, 6.07) is 10.6. The Morgan fingerprint density at radius 1 is 1.06 bits per heavy atom. The molecule has 0 radical (unpaired) electrons. The van der Waals surface area contributed by atoms with Crippen molar-refractivity contribution in [3.8, 4) is 5.75 Å². The Kier molecular flexibility index (Phi) is 2.17. The number of hydrogen-bond acceptors (Lipinski definition) is 1. The zero-order chi connectivity index (χ0) is 11.0. The summed E-state index contributed by atoms with van der Waals surface area (Å²) >= 11 is 0. The highest BCUT2D eigenvalue weighted by atomic mass is 16.5. The van der Waals surface area contributed by atoms with E-state index in [0.29, 0.717) is 0 Å². The summed E-state index contributed by atoms with van der Waals surface area (Å²) < 4.78 is 5.57. The maximum absolute atomic E-state index is 5.57. The Labute approximate surface area is 94.7 Å². The van der Waals surface area contributed by atoms with E-state index in [-0.39, 0.29) is 0 Å². The third-order valence-electron chi connectivity index (χ3n) is 3.16. The maximum Gasteiger partial charge on any atom is 0.134 e. The van der Waals surface area contributed by atoms with Crippen LogP contribution in [0.1, 0.15) is 12.8 Å². The number of hydrogen-bond donors (Lipinski definition) is 0. The van der Waals surface area contributed by atoms with E-state index in [0.717, 1.165) is 18.6 Å². The van der Waals surface area contributed by atoms with Crippen LogP contribution < -0.4 is 15.2 Å². The Morgan fingerprint density at radius 2 is 1.88 bits per heavy atom. The van der Waals surface area contributed by atoms with Crippen LogP contribution in [0.5, 0.6) is 5.75 Å². The lowest BCUT2D eigenvalue weighted by Gasteiger charge is -2.10. The van der Waals surface area contributed by atoms with Crippen molar-refractivity contribution in [2.45, 2.75) is 12.8 Å². The van der Waals surface area contributed by atoms with E-state index in [9.17, 15) is 0 Å². The number of benzene rings is 2. The topological polar surface area (TPSA) is 9.23 Å².